The van der Waals surface area contributed by atoms with Gasteiger partial charge in [0.2, 0.25) is 0 Å². The predicted molar refractivity (Wildman–Crippen MR) is 48.0 cm³/mol. The van der Waals surface area contributed by atoms with E-state index in [-0.39, 0.29) is 0 Å². The standard InChI is InChI=1S/C10H18/c1-5-7-8-10(6-2)9(3)4/h5-7,9-10H,2,8H2,1,3-4H3. The molecule has 0 nitrogen and oxygen atoms in total. The van der Waals surface area contributed by atoms with Gasteiger partial charge in [-0.15, -0.1) is 6.58 Å². The molecule has 0 spiro atoms. The maximum Gasteiger partial charge on any atom is -0.0178 e. The summed E-state index contributed by atoms with van der Waals surface area (Å²) < 4.78 is 0. The van der Waals surface area contributed by atoms with E-state index in [0.717, 1.165) is 6.42 Å². The van der Waals surface area contributed by atoms with Crippen molar-refractivity contribution in [2.45, 2.75) is 27.2 Å². The number of allylic oxidation sites excluding steroid dienone is 3. The predicted octanol–water partition coefficient (Wildman–Crippen LogP) is 3.41. The Labute approximate surface area is 64.6 Å². The molecule has 0 radical (unpaired) electrons. The molecule has 0 saturated heterocycles. The molecule has 0 heteroatoms. The van der Waals surface area contributed by atoms with Crippen molar-refractivity contribution in [2.75, 3.05) is 0 Å². The summed E-state index contributed by atoms with van der Waals surface area (Å²) in [6.45, 7) is 10.3. The second kappa shape index (κ2) is 5.28. The second-order valence-electron chi connectivity index (χ2n) is 2.95. The zero-order valence-electron chi connectivity index (χ0n) is 7.30. The third-order valence-electron chi connectivity index (χ3n) is 1.80. The first kappa shape index (κ1) is 9.48. The smallest absolute Gasteiger partial charge is 0.0178 e. The van der Waals surface area contributed by atoms with E-state index in [1.807, 2.05) is 6.08 Å². The van der Waals surface area contributed by atoms with E-state index in [0.29, 0.717) is 11.8 Å². The summed E-state index contributed by atoms with van der Waals surface area (Å²) in [5.74, 6) is 1.37. The van der Waals surface area contributed by atoms with Crippen molar-refractivity contribution in [2.24, 2.45) is 11.8 Å². The first-order valence-corrected chi connectivity index (χ1v) is 3.96. The van der Waals surface area contributed by atoms with Gasteiger partial charge in [0, 0.05) is 0 Å². The van der Waals surface area contributed by atoms with Crippen LogP contribution >= 0.6 is 0 Å². The van der Waals surface area contributed by atoms with Gasteiger partial charge >= 0.3 is 0 Å². The first-order chi connectivity index (χ1) is 4.72. The van der Waals surface area contributed by atoms with Crippen LogP contribution in [0.4, 0.5) is 0 Å². The maximum absolute atomic E-state index is 3.80. The van der Waals surface area contributed by atoms with Crippen LogP contribution in [0.2, 0.25) is 0 Å². The highest BCUT2D eigenvalue weighted by molar-refractivity contribution is 4.89. The number of rotatable bonds is 4. The normalized spacial score (nSPS) is 14.4. The number of hydrogen-bond acceptors (Lipinski definition) is 0. The molecular weight excluding hydrogens is 120 g/mol. The van der Waals surface area contributed by atoms with Gasteiger partial charge in [-0.25, -0.2) is 0 Å². The Morgan fingerprint density at radius 1 is 1.40 bits per heavy atom. The molecule has 0 aliphatic carbocycles. The van der Waals surface area contributed by atoms with Crippen LogP contribution in [-0.2, 0) is 0 Å². The fourth-order valence-electron chi connectivity index (χ4n) is 0.934. The Hall–Kier alpha value is -0.520. The Kier molecular flexibility index (Phi) is 5.00. The van der Waals surface area contributed by atoms with Gasteiger partial charge in [-0.05, 0) is 25.2 Å². The molecule has 0 aliphatic heterocycles. The zero-order valence-corrected chi connectivity index (χ0v) is 7.30. The van der Waals surface area contributed by atoms with Crippen molar-refractivity contribution in [1.82, 2.24) is 0 Å². The molecule has 0 aliphatic rings. The Morgan fingerprint density at radius 3 is 2.30 bits per heavy atom. The topological polar surface area (TPSA) is 0 Å². The third-order valence-corrected chi connectivity index (χ3v) is 1.80. The van der Waals surface area contributed by atoms with Gasteiger partial charge in [0.05, 0.1) is 0 Å². The van der Waals surface area contributed by atoms with E-state index in [1.165, 1.54) is 0 Å². The molecule has 1 atom stereocenters. The molecule has 0 saturated carbocycles. The lowest BCUT2D eigenvalue weighted by Crippen LogP contribution is -2.03. The van der Waals surface area contributed by atoms with Crippen LogP contribution in [0.1, 0.15) is 27.2 Å². The van der Waals surface area contributed by atoms with Crippen LogP contribution in [0.15, 0.2) is 24.8 Å². The van der Waals surface area contributed by atoms with Crippen molar-refractivity contribution in [3.8, 4) is 0 Å². The second-order valence-corrected chi connectivity index (χ2v) is 2.95. The van der Waals surface area contributed by atoms with Gasteiger partial charge in [0.25, 0.3) is 0 Å². The van der Waals surface area contributed by atoms with E-state index >= 15 is 0 Å². The van der Waals surface area contributed by atoms with Crippen molar-refractivity contribution in [3.05, 3.63) is 24.8 Å². The summed E-state index contributed by atoms with van der Waals surface area (Å²) in [5.41, 5.74) is 0. The monoisotopic (exact) mass is 138 g/mol. The fourth-order valence-corrected chi connectivity index (χ4v) is 0.934. The minimum Gasteiger partial charge on any atom is -0.103 e. The highest BCUT2D eigenvalue weighted by Crippen LogP contribution is 2.16. The highest BCUT2D eigenvalue weighted by atomic mass is 14.1. The molecule has 0 aromatic heterocycles. The van der Waals surface area contributed by atoms with Gasteiger partial charge in [0.1, 0.15) is 0 Å². The van der Waals surface area contributed by atoms with Crippen LogP contribution in [-0.4, -0.2) is 0 Å². The van der Waals surface area contributed by atoms with Crippen LogP contribution in [0, 0.1) is 11.8 Å². The quantitative estimate of drug-likeness (QED) is 0.522. The lowest BCUT2D eigenvalue weighted by molar-refractivity contribution is 0.471. The molecule has 0 amide bonds. The maximum atomic E-state index is 3.80. The van der Waals surface area contributed by atoms with Crippen LogP contribution < -0.4 is 0 Å². The summed E-state index contributed by atoms with van der Waals surface area (Å²) >= 11 is 0. The van der Waals surface area contributed by atoms with Crippen LogP contribution in [0.5, 0.6) is 0 Å². The van der Waals surface area contributed by atoms with Crippen molar-refractivity contribution in [1.29, 1.82) is 0 Å². The zero-order chi connectivity index (χ0) is 7.98. The minimum absolute atomic E-state index is 0.649. The summed E-state index contributed by atoms with van der Waals surface area (Å²) in [6, 6.07) is 0. The largest absolute Gasteiger partial charge is 0.103 e. The van der Waals surface area contributed by atoms with Crippen LogP contribution in [0.25, 0.3) is 0 Å². The molecule has 58 valence electrons. The summed E-state index contributed by atoms with van der Waals surface area (Å²) in [4.78, 5) is 0. The molecule has 0 heterocycles. The van der Waals surface area contributed by atoms with E-state index < -0.39 is 0 Å². The third kappa shape index (κ3) is 3.49. The average molecular weight is 138 g/mol. The molecule has 0 aromatic carbocycles. The van der Waals surface area contributed by atoms with Crippen LogP contribution in [0.3, 0.4) is 0 Å². The molecule has 0 fully saturated rings. The fraction of sp³-hybridized carbons (Fsp3) is 0.600. The van der Waals surface area contributed by atoms with Gasteiger partial charge in [-0.2, -0.15) is 0 Å². The van der Waals surface area contributed by atoms with E-state index in [2.05, 4.69) is 39.5 Å². The minimum atomic E-state index is 0.649. The molecular formula is C10H18. The molecule has 1 unspecified atom stereocenters. The van der Waals surface area contributed by atoms with E-state index in [9.17, 15) is 0 Å². The van der Waals surface area contributed by atoms with Crippen molar-refractivity contribution < 1.29 is 0 Å². The van der Waals surface area contributed by atoms with E-state index in [1.54, 1.807) is 0 Å². The molecule has 0 aromatic rings. The lowest BCUT2D eigenvalue weighted by atomic mass is 9.93. The molecule has 10 heavy (non-hydrogen) atoms. The van der Waals surface area contributed by atoms with Crippen molar-refractivity contribution in [3.63, 3.8) is 0 Å². The van der Waals surface area contributed by atoms with Gasteiger partial charge in [0.15, 0.2) is 0 Å². The SMILES string of the molecule is C=CC(CC=CC)C(C)C. The van der Waals surface area contributed by atoms with Crippen molar-refractivity contribution >= 4 is 0 Å². The van der Waals surface area contributed by atoms with Gasteiger partial charge in [-0.1, -0.05) is 32.1 Å². The van der Waals surface area contributed by atoms with E-state index in [4.69, 9.17) is 0 Å². The Balaban J connectivity index is 3.71. The summed E-state index contributed by atoms with van der Waals surface area (Å²) in [6.07, 6.45) is 7.48. The lowest BCUT2D eigenvalue weighted by Gasteiger charge is -2.13. The molecule has 0 N–H and O–H groups in total. The van der Waals surface area contributed by atoms with Gasteiger partial charge < -0.3 is 0 Å². The Morgan fingerprint density at radius 2 is 2.00 bits per heavy atom. The molecule has 0 bridgehead atoms. The molecule has 0 rings (SSSR count). The first-order valence-electron chi connectivity index (χ1n) is 3.96. The highest BCUT2D eigenvalue weighted by Gasteiger charge is 2.05. The number of hydrogen-bond donors (Lipinski definition) is 0. The van der Waals surface area contributed by atoms with Gasteiger partial charge in [-0.3, -0.25) is 0 Å². The summed E-state index contributed by atoms with van der Waals surface area (Å²) in [5, 5.41) is 0. The Bertz CT molecular complexity index is 109. The summed E-state index contributed by atoms with van der Waals surface area (Å²) in [7, 11) is 0. The average Bonchev–Trinajstić information content (AvgIpc) is 1.89.